The van der Waals surface area contributed by atoms with E-state index < -0.39 is 17.8 Å². The summed E-state index contributed by atoms with van der Waals surface area (Å²) in [5, 5.41) is 10.4. The number of benzene rings is 2. The molecule has 0 bridgehead atoms. The molecule has 0 atom stereocenters. The van der Waals surface area contributed by atoms with Gasteiger partial charge in [-0.1, -0.05) is 12.1 Å². The van der Waals surface area contributed by atoms with E-state index in [9.17, 15) is 18.0 Å². The molecule has 41 heavy (non-hydrogen) atoms. The quantitative estimate of drug-likeness (QED) is 0.155. The minimum Gasteiger partial charge on any atom is -0.379 e. The third kappa shape index (κ3) is 7.17. The number of hydrazone groups is 1. The zero-order valence-corrected chi connectivity index (χ0v) is 22.8. The highest BCUT2D eigenvalue weighted by Crippen LogP contribution is 2.31. The van der Waals surface area contributed by atoms with Gasteiger partial charge in [0.15, 0.2) is 5.82 Å². The van der Waals surface area contributed by atoms with E-state index >= 15 is 0 Å². The number of nitrogens with one attached hydrogen (secondary N) is 1. The number of alkyl halides is 3. The number of nitrogens with zero attached hydrogens (tertiary/aromatic N) is 5. The number of carbonyl (C=O) groups excluding carboxylic acids is 1. The predicted molar refractivity (Wildman–Crippen MR) is 154 cm³/mol. The third-order valence-corrected chi connectivity index (χ3v) is 7.38. The molecule has 3 heterocycles. The minimum atomic E-state index is -4.49. The standard InChI is InChI=1S/C28H28F3N7O2S/c29-28(30,31)21-4-1-3-19(17-21)18-34-38(27(32)39)22-7-5-20(6-8-22)25-35-23-9-16-41-24(23)26(36-25)33-10-2-11-37-12-14-40-15-13-37/h1,3-9,16-18H,2,10-15H2,(H2,32,39)(H,33,35,36)/b34-18+. The van der Waals surface area contributed by atoms with Crippen molar-refractivity contribution >= 4 is 45.3 Å². The number of hydrogen-bond acceptors (Lipinski definition) is 8. The third-order valence-electron chi connectivity index (χ3n) is 6.47. The van der Waals surface area contributed by atoms with Gasteiger partial charge >= 0.3 is 12.2 Å². The topological polar surface area (TPSA) is 109 Å². The van der Waals surface area contributed by atoms with Crippen LogP contribution in [0.3, 0.4) is 0 Å². The second-order valence-corrected chi connectivity index (χ2v) is 10.2. The average Bonchev–Trinajstić information content (AvgIpc) is 3.45. The van der Waals surface area contributed by atoms with Crippen molar-refractivity contribution in [2.45, 2.75) is 12.6 Å². The smallest absolute Gasteiger partial charge is 0.379 e. The summed E-state index contributed by atoms with van der Waals surface area (Å²) in [4.78, 5) is 24.0. The average molecular weight is 584 g/mol. The summed E-state index contributed by atoms with van der Waals surface area (Å²) in [6, 6.07) is 12.4. The lowest BCUT2D eigenvalue weighted by atomic mass is 10.1. The van der Waals surface area contributed by atoms with Crippen molar-refractivity contribution in [1.82, 2.24) is 14.9 Å². The summed E-state index contributed by atoms with van der Waals surface area (Å²) in [5.74, 6) is 1.27. The van der Waals surface area contributed by atoms with E-state index in [1.165, 1.54) is 12.1 Å². The van der Waals surface area contributed by atoms with Gasteiger partial charge < -0.3 is 15.8 Å². The van der Waals surface area contributed by atoms with Gasteiger partial charge in [0, 0.05) is 25.2 Å². The zero-order valence-electron chi connectivity index (χ0n) is 22.0. The van der Waals surface area contributed by atoms with E-state index in [0.29, 0.717) is 17.1 Å². The number of halogens is 3. The molecule has 1 saturated heterocycles. The monoisotopic (exact) mass is 583 g/mol. The lowest BCUT2D eigenvalue weighted by Crippen LogP contribution is -2.37. The van der Waals surface area contributed by atoms with Crippen molar-refractivity contribution < 1.29 is 22.7 Å². The molecule has 2 aromatic carbocycles. The molecule has 1 fully saturated rings. The molecule has 0 aliphatic carbocycles. The number of nitrogens with two attached hydrogens (primary N) is 1. The van der Waals surface area contributed by atoms with Crippen molar-refractivity contribution in [3.63, 3.8) is 0 Å². The van der Waals surface area contributed by atoms with Crippen LogP contribution in [0, 0.1) is 0 Å². The molecule has 3 N–H and O–H groups in total. The zero-order chi connectivity index (χ0) is 28.8. The van der Waals surface area contributed by atoms with Crippen LogP contribution in [0.4, 0.5) is 29.5 Å². The Labute approximate surface area is 238 Å². The van der Waals surface area contributed by atoms with Crippen LogP contribution in [-0.4, -0.2) is 66.5 Å². The van der Waals surface area contributed by atoms with E-state index in [1.807, 2.05) is 11.4 Å². The highest BCUT2D eigenvalue weighted by molar-refractivity contribution is 7.17. The van der Waals surface area contributed by atoms with Crippen molar-refractivity contribution in [1.29, 1.82) is 0 Å². The summed E-state index contributed by atoms with van der Waals surface area (Å²) in [6.07, 6.45) is -2.38. The molecule has 2 amide bonds. The number of amides is 2. The first-order valence-electron chi connectivity index (χ1n) is 13.0. The molecule has 13 heteroatoms. The largest absolute Gasteiger partial charge is 0.416 e. The number of thiophene rings is 1. The second-order valence-electron chi connectivity index (χ2n) is 9.33. The fourth-order valence-corrected chi connectivity index (χ4v) is 5.17. The Morgan fingerprint density at radius 1 is 1.15 bits per heavy atom. The van der Waals surface area contributed by atoms with Crippen molar-refractivity contribution in [2.75, 3.05) is 49.7 Å². The van der Waals surface area contributed by atoms with Crippen molar-refractivity contribution in [2.24, 2.45) is 10.8 Å². The number of urea groups is 1. The molecule has 4 aromatic rings. The summed E-state index contributed by atoms with van der Waals surface area (Å²) < 4.78 is 45.5. The molecule has 1 aliphatic rings. The lowest BCUT2D eigenvalue weighted by molar-refractivity contribution is -0.137. The van der Waals surface area contributed by atoms with E-state index in [4.69, 9.17) is 20.4 Å². The number of morpholine rings is 1. The molecule has 2 aromatic heterocycles. The number of hydrogen-bond donors (Lipinski definition) is 2. The van der Waals surface area contributed by atoms with Crippen LogP contribution in [-0.2, 0) is 10.9 Å². The fourth-order valence-electron chi connectivity index (χ4n) is 4.37. The van der Waals surface area contributed by atoms with Gasteiger partial charge in [0.1, 0.15) is 5.82 Å². The van der Waals surface area contributed by atoms with E-state index in [2.05, 4.69) is 15.3 Å². The highest BCUT2D eigenvalue weighted by Gasteiger charge is 2.30. The predicted octanol–water partition coefficient (Wildman–Crippen LogP) is 5.43. The van der Waals surface area contributed by atoms with Gasteiger partial charge in [-0.15, -0.1) is 11.3 Å². The van der Waals surface area contributed by atoms with Gasteiger partial charge in [0.05, 0.1) is 40.9 Å². The Kier molecular flexibility index (Phi) is 8.76. The van der Waals surface area contributed by atoms with E-state index in [1.54, 1.807) is 35.6 Å². The van der Waals surface area contributed by atoms with Crippen LogP contribution in [0.2, 0.25) is 0 Å². The van der Waals surface area contributed by atoms with Gasteiger partial charge in [0.2, 0.25) is 0 Å². The van der Waals surface area contributed by atoms with E-state index in [0.717, 1.165) is 85.2 Å². The van der Waals surface area contributed by atoms with Gasteiger partial charge in [-0.05, 0) is 66.4 Å². The van der Waals surface area contributed by atoms with Crippen LogP contribution in [0.1, 0.15) is 17.5 Å². The maximum atomic E-state index is 13.0. The van der Waals surface area contributed by atoms with Crippen molar-refractivity contribution in [3.8, 4) is 11.4 Å². The summed E-state index contributed by atoms with van der Waals surface area (Å²) in [6.45, 7) is 5.19. The number of anilines is 2. The Balaban J connectivity index is 1.30. The number of fused-ring (bicyclic) bond motifs is 1. The fraction of sp³-hybridized carbons (Fsp3) is 0.286. The molecule has 0 saturated carbocycles. The molecule has 5 rings (SSSR count). The van der Waals surface area contributed by atoms with Crippen LogP contribution >= 0.6 is 11.3 Å². The first-order chi connectivity index (χ1) is 19.8. The summed E-state index contributed by atoms with van der Waals surface area (Å²) >= 11 is 1.57. The first kappa shape index (κ1) is 28.5. The Morgan fingerprint density at radius 2 is 1.93 bits per heavy atom. The minimum absolute atomic E-state index is 0.171. The highest BCUT2D eigenvalue weighted by atomic mass is 32.1. The molecule has 0 radical (unpaired) electrons. The lowest BCUT2D eigenvalue weighted by Gasteiger charge is -2.26. The van der Waals surface area contributed by atoms with Gasteiger partial charge in [-0.2, -0.15) is 23.3 Å². The van der Waals surface area contributed by atoms with E-state index in [-0.39, 0.29) is 5.56 Å². The summed E-state index contributed by atoms with van der Waals surface area (Å²) in [7, 11) is 0. The molecule has 0 spiro atoms. The van der Waals surface area contributed by atoms with Gasteiger partial charge in [0.25, 0.3) is 0 Å². The normalized spacial score (nSPS) is 14.5. The van der Waals surface area contributed by atoms with Gasteiger partial charge in [-0.25, -0.2) is 14.8 Å². The molecular weight excluding hydrogens is 555 g/mol. The molecule has 214 valence electrons. The number of carbonyl (C=O) groups is 1. The Morgan fingerprint density at radius 3 is 2.66 bits per heavy atom. The van der Waals surface area contributed by atoms with Gasteiger partial charge in [-0.3, -0.25) is 4.90 Å². The summed E-state index contributed by atoms with van der Waals surface area (Å²) in [5.41, 5.74) is 6.74. The number of rotatable bonds is 9. The Bertz CT molecular complexity index is 1520. The molecule has 1 aliphatic heterocycles. The molecular formula is C28H28F3N7O2S. The molecule has 9 nitrogen and oxygen atoms in total. The maximum absolute atomic E-state index is 13.0. The van der Waals surface area contributed by atoms with Crippen LogP contribution in [0.25, 0.3) is 21.6 Å². The number of primary amides is 1. The first-order valence-corrected chi connectivity index (χ1v) is 13.9. The maximum Gasteiger partial charge on any atom is 0.416 e. The van der Waals surface area contributed by atoms with Crippen LogP contribution < -0.4 is 16.1 Å². The molecule has 0 unspecified atom stereocenters. The Hall–Kier alpha value is -4.07. The SMILES string of the molecule is NC(=O)N(/N=C/c1cccc(C(F)(F)F)c1)c1ccc(-c2nc(NCCCN3CCOCC3)c3sccc3n2)cc1. The second kappa shape index (κ2) is 12.6. The van der Waals surface area contributed by atoms with Crippen molar-refractivity contribution in [3.05, 3.63) is 71.1 Å². The van der Waals surface area contributed by atoms with Crippen LogP contribution in [0.15, 0.2) is 65.1 Å². The number of ether oxygens (including phenoxy) is 1. The van der Waals surface area contributed by atoms with Crippen LogP contribution in [0.5, 0.6) is 0 Å². The number of aromatic nitrogens is 2.